The molecule has 0 radical (unpaired) electrons. The SMILES string of the molecule is O=[N+]([O-])c1ccccc1S(=O)(=O)N1CC1Cc1c[nH]c2ccccc12. The molecule has 0 saturated carbocycles. The Morgan fingerprint density at radius 2 is 1.88 bits per heavy atom. The highest BCUT2D eigenvalue weighted by molar-refractivity contribution is 7.89. The third-order valence-electron chi connectivity index (χ3n) is 4.44. The van der Waals surface area contributed by atoms with E-state index < -0.39 is 14.9 Å². The van der Waals surface area contributed by atoms with Gasteiger partial charge < -0.3 is 4.98 Å². The minimum atomic E-state index is -3.87. The van der Waals surface area contributed by atoms with E-state index in [2.05, 4.69) is 4.98 Å². The van der Waals surface area contributed by atoms with Gasteiger partial charge in [-0.15, -0.1) is 0 Å². The van der Waals surface area contributed by atoms with Gasteiger partial charge in [0.25, 0.3) is 5.69 Å². The van der Waals surface area contributed by atoms with Crippen molar-refractivity contribution in [3.05, 3.63) is 70.4 Å². The molecule has 7 nitrogen and oxygen atoms in total. The van der Waals surface area contributed by atoms with Gasteiger partial charge in [0, 0.05) is 35.8 Å². The van der Waals surface area contributed by atoms with Gasteiger partial charge in [-0.1, -0.05) is 30.3 Å². The van der Waals surface area contributed by atoms with E-state index in [1.54, 1.807) is 0 Å². The maximum Gasteiger partial charge on any atom is 0.289 e. The Morgan fingerprint density at radius 3 is 2.68 bits per heavy atom. The monoisotopic (exact) mass is 357 g/mol. The molecule has 1 aliphatic heterocycles. The summed E-state index contributed by atoms with van der Waals surface area (Å²) in [5.41, 5.74) is 1.66. The molecular formula is C17H15N3O4S. The van der Waals surface area contributed by atoms with Crippen LogP contribution in [0.25, 0.3) is 10.9 Å². The minimum absolute atomic E-state index is 0.177. The highest BCUT2D eigenvalue weighted by Gasteiger charge is 2.46. The Kier molecular flexibility index (Phi) is 3.59. The zero-order valence-electron chi connectivity index (χ0n) is 13.1. The lowest BCUT2D eigenvalue weighted by molar-refractivity contribution is -0.387. The zero-order chi connectivity index (χ0) is 17.6. The van der Waals surface area contributed by atoms with E-state index in [9.17, 15) is 18.5 Å². The molecule has 3 aromatic rings. The van der Waals surface area contributed by atoms with Crippen molar-refractivity contribution in [1.82, 2.24) is 9.29 Å². The minimum Gasteiger partial charge on any atom is -0.361 e. The number of rotatable bonds is 5. The second-order valence-corrected chi connectivity index (χ2v) is 7.88. The molecule has 0 spiro atoms. The van der Waals surface area contributed by atoms with Crippen LogP contribution in [0.1, 0.15) is 5.56 Å². The summed E-state index contributed by atoms with van der Waals surface area (Å²) in [6.07, 6.45) is 2.46. The van der Waals surface area contributed by atoms with Crippen LogP contribution in [0.3, 0.4) is 0 Å². The van der Waals surface area contributed by atoms with Gasteiger partial charge >= 0.3 is 0 Å². The van der Waals surface area contributed by atoms with Crippen LogP contribution in [0.2, 0.25) is 0 Å². The Bertz CT molecular complexity index is 1070. The first-order valence-electron chi connectivity index (χ1n) is 7.79. The van der Waals surface area contributed by atoms with Gasteiger partial charge in [-0.05, 0) is 24.1 Å². The van der Waals surface area contributed by atoms with Crippen molar-refractivity contribution in [3.63, 3.8) is 0 Å². The van der Waals surface area contributed by atoms with Gasteiger partial charge in [0.05, 0.1) is 4.92 Å². The summed E-state index contributed by atoms with van der Waals surface area (Å²) < 4.78 is 26.8. The molecule has 1 saturated heterocycles. The number of nitrogens with zero attached hydrogens (tertiary/aromatic N) is 2. The fourth-order valence-electron chi connectivity index (χ4n) is 3.13. The van der Waals surface area contributed by atoms with E-state index in [0.29, 0.717) is 13.0 Å². The van der Waals surface area contributed by atoms with Gasteiger partial charge in [0.15, 0.2) is 4.90 Å². The zero-order valence-corrected chi connectivity index (χ0v) is 13.9. The van der Waals surface area contributed by atoms with Crippen molar-refractivity contribution in [1.29, 1.82) is 0 Å². The van der Waals surface area contributed by atoms with Crippen LogP contribution in [0, 0.1) is 10.1 Å². The van der Waals surface area contributed by atoms with E-state index in [0.717, 1.165) is 16.5 Å². The fraction of sp³-hybridized carbons (Fsp3) is 0.176. The van der Waals surface area contributed by atoms with Crippen LogP contribution in [-0.2, 0) is 16.4 Å². The number of aromatic nitrogens is 1. The normalized spacial score (nSPS) is 19.8. The first-order valence-corrected chi connectivity index (χ1v) is 9.23. The Labute approximate surface area is 144 Å². The van der Waals surface area contributed by atoms with Crippen LogP contribution < -0.4 is 0 Å². The molecule has 8 heteroatoms. The Morgan fingerprint density at radius 1 is 1.16 bits per heavy atom. The fourth-order valence-corrected chi connectivity index (χ4v) is 4.87. The number of benzene rings is 2. The van der Waals surface area contributed by atoms with Crippen LogP contribution >= 0.6 is 0 Å². The van der Waals surface area contributed by atoms with Crippen LogP contribution in [-0.4, -0.2) is 35.2 Å². The first-order chi connectivity index (χ1) is 12.0. The summed E-state index contributed by atoms with van der Waals surface area (Å²) in [6, 6.07) is 13.1. The second kappa shape index (κ2) is 5.68. The molecule has 1 fully saturated rings. The van der Waals surface area contributed by atoms with Crippen LogP contribution in [0.5, 0.6) is 0 Å². The number of nitrogens with one attached hydrogen (secondary N) is 1. The summed E-state index contributed by atoms with van der Waals surface area (Å²) in [7, 11) is -3.87. The standard InChI is InChI=1S/C17H15N3O4S/c21-20(22)16-7-3-4-8-17(16)25(23,24)19-11-13(19)9-12-10-18-15-6-2-1-5-14(12)15/h1-8,10,13,18H,9,11H2. The van der Waals surface area contributed by atoms with Gasteiger partial charge in [0.1, 0.15) is 0 Å². The molecule has 2 unspecified atom stereocenters. The summed E-state index contributed by atoms with van der Waals surface area (Å²) in [6.45, 7) is 0.369. The Balaban J connectivity index is 1.59. The largest absolute Gasteiger partial charge is 0.361 e. The van der Waals surface area contributed by atoms with Crippen molar-refractivity contribution in [2.24, 2.45) is 0 Å². The van der Waals surface area contributed by atoms with E-state index in [1.165, 1.54) is 28.6 Å². The van der Waals surface area contributed by atoms with Crippen molar-refractivity contribution >= 4 is 26.6 Å². The smallest absolute Gasteiger partial charge is 0.289 e. The van der Waals surface area contributed by atoms with Gasteiger partial charge in [-0.3, -0.25) is 10.1 Å². The molecule has 1 aliphatic rings. The number of nitro benzene ring substituents is 1. The number of sulfonamides is 1. The molecule has 2 heterocycles. The molecule has 0 amide bonds. The maximum absolute atomic E-state index is 12.7. The molecule has 128 valence electrons. The molecule has 4 rings (SSSR count). The molecule has 1 N–H and O–H groups in total. The number of H-pyrrole nitrogens is 1. The highest BCUT2D eigenvalue weighted by Crippen LogP contribution is 2.35. The third-order valence-corrected chi connectivity index (χ3v) is 6.41. The van der Waals surface area contributed by atoms with Crippen molar-refractivity contribution < 1.29 is 13.3 Å². The van der Waals surface area contributed by atoms with Crippen molar-refractivity contribution in [2.75, 3.05) is 6.54 Å². The average molecular weight is 357 g/mol. The predicted octanol–water partition coefficient (Wildman–Crippen LogP) is 2.69. The number of hydrogen-bond acceptors (Lipinski definition) is 4. The predicted molar refractivity (Wildman–Crippen MR) is 92.8 cm³/mol. The van der Waals surface area contributed by atoms with Crippen LogP contribution in [0.4, 0.5) is 5.69 Å². The summed E-state index contributed by atoms with van der Waals surface area (Å²) >= 11 is 0. The van der Waals surface area contributed by atoms with E-state index in [-0.39, 0.29) is 16.6 Å². The van der Waals surface area contributed by atoms with Gasteiger partial charge in [-0.2, -0.15) is 4.31 Å². The van der Waals surface area contributed by atoms with Crippen molar-refractivity contribution in [3.8, 4) is 0 Å². The van der Waals surface area contributed by atoms with Gasteiger partial charge in [0.2, 0.25) is 10.0 Å². The molecule has 0 bridgehead atoms. The number of nitro groups is 1. The van der Waals surface area contributed by atoms with E-state index in [4.69, 9.17) is 0 Å². The quantitative estimate of drug-likeness (QED) is 0.431. The number of hydrogen-bond donors (Lipinski definition) is 1. The first kappa shape index (κ1) is 15.8. The van der Waals surface area contributed by atoms with Crippen LogP contribution in [0.15, 0.2) is 59.6 Å². The van der Waals surface area contributed by atoms with Gasteiger partial charge in [-0.25, -0.2) is 8.42 Å². The number of para-hydroxylation sites is 2. The lowest BCUT2D eigenvalue weighted by atomic mass is 10.1. The maximum atomic E-state index is 12.7. The molecule has 2 atom stereocenters. The third kappa shape index (κ3) is 2.69. The topological polar surface area (TPSA) is 96.1 Å². The number of aromatic amines is 1. The summed E-state index contributed by atoms with van der Waals surface area (Å²) in [5, 5.41) is 12.2. The van der Waals surface area contributed by atoms with E-state index >= 15 is 0 Å². The Hall–Kier alpha value is -2.71. The average Bonchev–Trinajstić information content (AvgIpc) is 3.28. The van der Waals surface area contributed by atoms with Crippen molar-refractivity contribution in [2.45, 2.75) is 17.4 Å². The molecule has 2 aromatic carbocycles. The molecule has 1 aromatic heterocycles. The van der Waals surface area contributed by atoms with E-state index in [1.807, 2.05) is 30.5 Å². The lowest BCUT2D eigenvalue weighted by Crippen LogP contribution is -2.17. The summed E-state index contributed by atoms with van der Waals surface area (Å²) in [4.78, 5) is 13.4. The highest BCUT2D eigenvalue weighted by atomic mass is 32.2. The molecule has 0 aliphatic carbocycles. The summed E-state index contributed by atoms with van der Waals surface area (Å²) in [5.74, 6) is 0. The second-order valence-electron chi connectivity index (χ2n) is 6.02. The number of fused-ring (bicyclic) bond motifs is 1. The molecular weight excluding hydrogens is 342 g/mol. The lowest BCUT2D eigenvalue weighted by Gasteiger charge is -2.07. The molecule has 25 heavy (non-hydrogen) atoms.